The first kappa shape index (κ1) is 14.3. The predicted octanol–water partition coefficient (Wildman–Crippen LogP) is 1.48. The molecule has 2 rings (SSSR count). The van der Waals surface area contributed by atoms with E-state index >= 15 is 0 Å². The summed E-state index contributed by atoms with van der Waals surface area (Å²) < 4.78 is 1.37. The van der Waals surface area contributed by atoms with Crippen molar-refractivity contribution in [3.63, 3.8) is 0 Å². The van der Waals surface area contributed by atoms with Crippen LogP contribution in [0.15, 0.2) is 11.0 Å². The fraction of sp³-hybridized carbons (Fsp3) is 0.692. The summed E-state index contributed by atoms with van der Waals surface area (Å²) in [5, 5.41) is 4.40. The van der Waals surface area contributed by atoms with Gasteiger partial charge in [0.15, 0.2) is 0 Å². The maximum Gasteiger partial charge on any atom is 0.287 e. The summed E-state index contributed by atoms with van der Waals surface area (Å²) in [5.74, 6) is 0.467. The van der Waals surface area contributed by atoms with Crippen molar-refractivity contribution in [1.82, 2.24) is 9.78 Å². The van der Waals surface area contributed by atoms with Crippen LogP contribution in [0.3, 0.4) is 0 Å². The van der Waals surface area contributed by atoms with Crippen molar-refractivity contribution in [2.45, 2.75) is 38.8 Å². The van der Waals surface area contributed by atoms with Crippen LogP contribution in [0.25, 0.3) is 0 Å². The average molecular weight is 285 g/mol. The Hall–Kier alpha value is -1.07. The summed E-state index contributed by atoms with van der Waals surface area (Å²) in [5.41, 5.74) is 6.30. The van der Waals surface area contributed by atoms with Gasteiger partial charge in [-0.25, -0.2) is 4.68 Å². The Balaban J connectivity index is 2.31. The fourth-order valence-electron chi connectivity index (χ4n) is 2.91. The van der Waals surface area contributed by atoms with E-state index in [2.05, 4.69) is 10.00 Å². The van der Waals surface area contributed by atoms with Crippen molar-refractivity contribution in [1.29, 1.82) is 0 Å². The Morgan fingerprint density at radius 2 is 2.32 bits per heavy atom. The molecule has 0 amide bonds. The molecule has 0 saturated heterocycles. The summed E-state index contributed by atoms with van der Waals surface area (Å²) in [4.78, 5) is 14.1. The van der Waals surface area contributed by atoms with E-state index in [1.54, 1.807) is 6.20 Å². The second-order valence-corrected chi connectivity index (χ2v) is 5.45. The predicted molar refractivity (Wildman–Crippen MR) is 77.8 cm³/mol. The van der Waals surface area contributed by atoms with E-state index in [0.29, 0.717) is 30.7 Å². The minimum atomic E-state index is -0.226. The number of anilines is 1. The first-order valence-corrected chi connectivity index (χ1v) is 7.16. The third-order valence-electron chi connectivity index (χ3n) is 4.07. The second kappa shape index (κ2) is 5.92. The van der Waals surface area contributed by atoms with E-state index in [9.17, 15) is 4.79 Å². The zero-order chi connectivity index (χ0) is 14.0. The van der Waals surface area contributed by atoms with Crippen LogP contribution in [0.1, 0.15) is 26.2 Å². The van der Waals surface area contributed by atoms with Gasteiger partial charge in [-0.3, -0.25) is 4.79 Å². The zero-order valence-electron chi connectivity index (χ0n) is 11.5. The Bertz CT molecular complexity index is 502. The maximum absolute atomic E-state index is 12.0. The summed E-state index contributed by atoms with van der Waals surface area (Å²) in [7, 11) is 1.97. The van der Waals surface area contributed by atoms with Crippen LogP contribution in [-0.2, 0) is 6.54 Å². The maximum atomic E-state index is 12.0. The molecule has 5 nitrogen and oxygen atoms in total. The first-order chi connectivity index (χ1) is 9.10. The van der Waals surface area contributed by atoms with Crippen molar-refractivity contribution < 1.29 is 0 Å². The van der Waals surface area contributed by atoms with Crippen molar-refractivity contribution >= 4 is 17.3 Å². The highest BCUT2D eigenvalue weighted by molar-refractivity contribution is 6.33. The van der Waals surface area contributed by atoms with Crippen molar-refractivity contribution in [3.05, 3.63) is 21.6 Å². The van der Waals surface area contributed by atoms with Gasteiger partial charge in [0.2, 0.25) is 0 Å². The van der Waals surface area contributed by atoms with E-state index < -0.39 is 0 Å². The molecule has 1 heterocycles. The quantitative estimate of drug-likeness (QED) is 0.910. The molecule has 1 aliphatic carbocycles. The van der Waals surface area contributed by atoms with Crippen molar-refractivity contribution in [3.8, 4) is 0 Å². The number of nitrogens with two attached hydrogens (primary N) is 1. The number of nitrogens with zero attached hydrogens (tertiary/aromatic N) is 3. The van der Waals surface area contributed by atoms with Crippen LogP contribution >= 0.6 is 11.6 Å². The molecule has 2 N–H and O–H groups in total. The molecular weight excluding hydrogens is 264 g/mol. The molecule has 1 fully saturated rings. The molecular formula is C13H21ClN4O. The molecule has 1 aromatic heterocycles. The van der Waals surface area contributed by atoms with Gasteiger partial charge in [-0.15, -0.1) is 0 Å². The number of rotatable bonds is 4. The van der Waals surface area contributed by atoms with Crippen LogP contribution in [0.2, 0.25) is 5.02 Å². The van der Waals surface area contributed by atoms with Crippen LogP contribution in [0.4, 0.5) is 5.69 Å². The van der Waals surface area contributed by atoms with Gasteiger partial charge >= 0.3 is 0 Å². The number of halogens is 1. The highest BCUT2D eigenvalue weighted by Crippen LogP contribution is 2.33. The summed E-state index contributed by atoms with van der Waals surface area (Å²) in [6.07, 6.45) is 5.08. The highest BCUT2D eigenvalue weighted by Gasteiger charge is 2.30. The molecule has 19 heavy (non-hydrogen) atoms. The SMILES string of the molecule is CCn1ncc(N(C)C2CCCC2CN)c(Cl)c1=O. The van der Waals surface area contributed by atoms with E-state index in [1.807, 2.05) is 14.0 Å². The molecule has 0 aliphatic heterocycles. The minimum absolute atomic E-state index is 0.226. The Morgan fingerprint density at radius 3 is 2.95 bits per heavy atom. The third-order valence-corrected chi connectivity index (χ3v) is 4.42. The number of hydrogen-bond donors (Lipinski definition) is 1. The van der Waals surface area contributed by atoms with Gasteiger partial charge in [-0.2, -0.15) is 5.10 Å². The van der Waals surface area contributed by atoms with E-state index in [4.69, 9.17) is 17.3 Å². The first-order valence-electron chi connectivity index (χ1n) is 6.78. The smallest absolute Gasteiger partial charge is 0.287 e. The molecule has 2 unspecified atom stereocenters. The largest absolute Gasteiger partial charge is 0.369 e. The standard InChI is InChI=1S/C13H21ClN4O/c1-3-18-13(19)12(14)11(8-16-18)17(2)10-6-4-5-9(10)7-15/h8-10H,3-7,15H2,1-2H3. The Kier molecular flexibility index (Phi) is 4.47. The Labute approximate surface area is 118 Å². The summed E-state index contributed by atoms with van der Waals surface area (Å²) in [6, 6.07) is 0.348. The van der Waals surface area contributed by atoms with Gasteiger partial charge < -0.3 is 10.6 Å². The molecule has 6 heteroatoms. The van der Waals surface area contributed by atoms with Crippen molar-refractivity contribution in [2.75, 3.05) is 18.5 Å². The monoisotopic (exact) mass is 284 g/mol. The topological polar surface area (TPSA) is 64.2 Å². The molecule has 0 bridgehead atoms. The molecule has 1 saturated carbocycles. The van der Waals surface area contributed by atoms with E-state index in [0.717, 1.165) is 12.8 Å². The summed E-state index contributed by atoms with van der Waals surface area (Å²) in [6.45, 7) is 3.07. The molecule has 0 spiro atoms. The van der Waals surface area contributed by atoms with Gasteiger partial charge in [-0.05, 0) is 32.2 Å². The van der Waals surface area contributed by atoms with E-state index in [-0.39, 0.29) is 10.6 Å². The normalized spacial score (nSPS) is 22.7. The second-order valence-electron chi connectivity index (χ2n) is 5.07. The molecule has 106 valence electrons. The Morgan fingerprint density at radius 1 is 1.58 bits per heavy atom. The molecule has 1 aliphatic rings. The van der Waals surface area contributed by atoms with E-state index in [1.165, 1.54) is 11.1 Å². The fourth-order valence-corrected chi connectivity index (χ4v) is 3.19. The third kappa shape index (κ3) is 2.62. The lowest BCUT2D eigenvalue weighted by Crippen LogP contribution is -2.39. The van der Waals surface area contributed by atoms with Crippen LogP contribution in [0.5, 0.6) is 0 Å². The van der Waals surface area contributed by atoms with Crippen LogP contribution < -0.4 is 16.2 Å². The van der Waals surface area contributed by atoms with Gasteiger partial charge in [-0.1, -0.05) is 18.0 Å². The number of hydrogen-bond acceptors (Lipinski definition) is 4. The van der Waals surface area contributed by atoms with Crippen LogP contribution in [0, 0.1) is 5.92 Å². The van der Waals surface area contributed by atoms with Crippen molar-refractivity contribution in [2.24, 2.45) is 11.7 Å². The highest BCUT2D eigenvalue weighted by atomic mass is 35.5. The van der Waals surface area contributed by atoms with Crippen LogP contribution in [-0.4, -0.2) is 29.4 Å². The lowest BCUT2D eigenvalue weighted by molar-refractivity contribution is 0.473. The molecule has 0 radical (unpaired) electrons. The van der Waals surface area contributed by atoms with Gasteiger partial charge in [0.05, 0.1) is 11.9 Å². The zero-order valence-corrected chi connectivity index (χ0v) is 12.2. The summed E-state index contributed by atoms with van der Waals surface area (Å²) >= 11 is 6.20. The minimum Gasteiger partial charge on any atom is -0.369 e. The number of aromatic nitrogens is 2. The average Bonchev–Trinajstić information content (AvgIpc) is 2.89. The lowest BCUT2D eigenvalue weighted by atomic mass is 10.0. The molecule has 2 atom stereocenters. The lowest BCUT2D eigenvalue weighted by Gasteiger charge is -2.31. The molecule has 1 aromatic rings. The number of aryl methyl sites for hydroxylation is 1. The van der Waals surface area contributed by atoms with Gasteiger partial charge in [0.1, 0.15) is 5.02 Å². The van der Waals surface area contributed by atoms with Gasteiger partial charge in [0.25, 0.3) is 5.56 Å². The van der Waals surface area contributed by atoms with Gasteiger partial charge in [0, 0.05) is 19.6 Å². The molecule has 0 aromatic carbocycles.